The summed E-state index contributed by atoms with van der Waals surface area (Å²) in [7, 11) is 1.22. The SMILES string of the molecule is CCC(C)COC(=O)Oc1ccc(CC(N)(C[C@H](C)OC(=O)CC(C)CC)C(=O)OC)cc1OC(=O)OCC(C)CC. The van der Waals surface area contributed by atoms with E-state index < -0.39 is 29.9 Å². The fraction of sp³-hybridized carbons (Fsp3) is 0.677. The van der Waals surface area contributed by atoms with Gasteiger partial charge < -0.3 is 34.2 Å². The van der Waals surface area contributed by atoms with Gasteiger partial charge in [-0.25, -0.2) is 9.59 Å². The van der Waals surface area contributed by atoms with Crippen molar-refractivity contribution in [3.63, 3.8) is 0 Å². The number of methoxy groups -OCH3 is 1. The van der Waals surface area contributed by atoms with Crippen LogP contribution in [0.5, 0.6) is 11.5 Å². The van der Waals surface area contributed by atoms with Gasteiger partial charge in [0.05, 0.1) is 20.3 Å². The van der Waals surface area contributed by atoms with Gasteiger partial charge in [-0.05, 0) is 42.4 Å². The highest BCUT2D eigenvalue weighted by molar-refractivity contribution is 5.81. The first kappa shape index (κ1) is 36.7. The second-order valence-electron chi connectivity index (χ2n) is 11.2. The molecule has 1 aromatic carbocycles. The second-order valence-corrected chi connectivity index (χ2v) is 11.2. The van der Waals surface area contributed by atoms with Crippen molar-refractivity contribution in [3.8, 4) is 11.5 Å². The fourth-order valence-corrected chi connectivity index (χ4v) is 3.77. The van der Waals surface area contributed by atoms with Gasteiger partial charge in [0.25, 0.3) is 0 Å². The van der Waals surface area contributed by atoms with E-state index in [0.717, 1.165) is 19.3 Å². The third kappa shape index (κ3) is 13.1. The third-order valence-electron chi connectivity index (χ3n) is 7.07. The van der Waals surface area contributed by atoms with Crippen molar-refractivity contribution in [2.45, 2.75) is 98.6 Å². The van der Waals surface area contributed by atoms with Crippen LogP contribution in [-0.2, 0) is 35.0 Å². The Morgan fingerprint density at radius 1 is 0.810 bits per heavy atom. The van der Waals surface area contributed by atoms with Gasteiger partial charge in [-0.15, -0.1) is 0 Å². The quantitative estimate of drug-likeness (QED) is 0.129. The van der Waals surface area contributed by atoms with Gasteiger partial charge >= 0.3 is 24.2 Å². The molecule has 0 amide bonds. The molecule has 0 radical (unpaired) electrons. The molecule has 0 saturated heterocycles. The van der Waals surface area contributed by atoms with E-state index in [0.29, 0.717) is 5.56 Å². The molecule has 1 aromatic rings. The molecule has 0 saturated carbocycles. The Bertz CT molecular complexity index is 1030. The van der Waals surface area contributed by atoms with Crippen LogP contribution in [0.2, 0.25) is 0 Å². The van der Waals surface area contributed by atoms with Crippen LogP contribution in [0.25, 0.3) is 0 Å². The Kier molecular flexibility index (Phi) is 15.9. The van der Waals surface area contributed by atoms with E-state index in [-0.39, 0.29) is 67.7 Å². The minimum Gasteiger partial charge on any atom is -0.468 e. The van der Waals surface area contributed by atoms with Crippen LogP contribution in [0.15, 0.2) is 18.2 Å². The first-order valence-electron chi connectivity index (χ1n) is 14.7. The van der Waals surface area contributed by atoms with Crippen molar-refractivity contribution in [1.82, 2.24) is 0 Å². The highest BCUT2D eigenvalue weighted by atomic mass is 16.7. The lowest BCUT2D eigenvalue weighted by Gasteiger charge is -2.29. The molecule has 42 heavy (non-hydrogen) atoms. The number of ether oxygens (including phenoxy) is 6. The number of nitrogens with two attached hydrogens (primary N) is 1. The lowest BCUT2D eigenvalue weighted by atomic mass is 9.86. The maximum atomic E-state index is 12.8. The van der Waals surface area contributed by atoms with E-state index in [4.69, 9.17) is 34.2 Å². The molecule has 0 bridgehead atoms. The Morgan fingerprint density at radius 2 is 1.33 bits per heavy atom. The molecule has 5 atom stereocenters. The number of carbonyl (C=O) groups excluding carboxylic acids is 4. The maximum Gasteiger partial charge on any atom is 0.513 e. The smallest absolute Gasteiger partial charge is 0.468 e. The minimum atomic E-state index is -1.59. The normalized spacial score (nSPS) is 15.3. The molecule has 0 aromatic heterocycles. The van der Waals surface area contributed by atoms with Crippen molar-refractivity contribution >= 4 is 24.2 Å². The molecule has 4 unspecified atom stereocenters. The van der Waals surface area contributed by atoms with E-state index in [1.165, 1.54) is 19.2 Å². The van der Waals surface area contributed by atoms with Gasteiger partial charge in [0.2, 0.25) is 0 Å². The van der Waals surface area contributed by atoms with Crippen LogP contribution in [0.3, 0.4) is 0 Å². The van der Waals surface area contributed by atoms with Crippen LogP contribution in [0.4, 0.5) is 9.59 Å². The zero-order valence-corrected chi connectivity index (χ0v) is 26.4. The summed E-state index contributed by atoms with van der Waals surface area (Å²) in [5.74, 6) is -0.873. The second kappa shape index (κ2) is 18.3. The number of benzene rings is 1. The summed E-state index contributed by atoms with van der Waals surface area (Å²) >= 11 is 0. The van der Waals surface area contributed by atoms with E-state index in [9.17, 15) is 19.2 Å². The summed E-state index contributed by atoms with van der Waals surface area (Å²) in [5, 5.41) is 0. The maximum absolute atomic E-state index is 12.8. The molecule has 0 heterocycles. The number of carbonyl (C=O) groups is 4. The molecular formula is C31H49NO10. The van der Waals surface area contributed by atoms with E-state index in [2.05, 4.69) is 0 Å². The number of esters is 2. The van der Waals surface area contributed by atoms with Crippen LogP contribution in [-0.4, -0.2) is 56.2 Å². The van der Waals surface area contributed by atoms with Crippen LogP contribution in [0, 0.1) is 17.8 Å². The predicted octanol–water partition coefficient (Wildman–Crippen LogP) is 5.98. The van der Waals surface area contributed by atoms with Gasteiger partial charge in [-0.1, -0.05) is 66.9 Å². The van der Waals surface area contributed by atoms with E-state index in [1.54, 1.807) is 13.0 Å². The molecule has 0 aliphatic heterocycles. The molecule has 0 fully saturated rings. The van der Waals surface area contributed by atoms with Crippen LogP contribution in [0.1, 0.15) is 86.1 Å². The zero-order chi connectivity index (χ0) is 31.9. The summed E-state index contributed by atoms with van der Waals surface area (Å²) in [6.07, 6.45) is -0.0201. The molecule has 2 N–H and O–H groups in total. The first-order chi connectivity index (χ1) is 19.8. The number of hydrogen-bond acceptors (Lipinski definition) is 11. The lowest BCUT2D eigenvalue weighted by molar-refractivity contribution is -0.155. The molecule has 0 spiro atoms. The largest absolute Gasteiger partial charge is 0.513 e. The standard InChI is InChI=1S/C31H49NO10/c1-9-20(4)14-27(33)40-23(7)16-31(32,28(34)37-8)17-24-12-13-25(41-29(35)38-18-21(5)10-2)26(15-24)42-30(36)39-19-22(6)11-3/h12-13,15,20-23H,9-11,14,16-19,32H2,1-8H3/t20?,21?,22?,23-,31?/m0/s1. The van der Waals surface area contributed by atoms with Gasteiger partial charge in [0.15, 0.2) is 11.5 Å². The molecule has 0 aliphatic carbocycles. The average molecular weight is 596 g/mol. The summed E-state index contributed by atoms with van der Waals surface area (Å²) in [6.45, 7) is 13.7. The van der Waals surface area contributed by atoms with Crippen molar-refractivity contribution in [2.24, 2.45) is 23.5 Å². The Hall–Kier alpha value is -3.34. The zero-order valence-electron chi connectivity index (χ0n) is 26.4. The molecule has 238 valence electrons. The van der Waals surface area contributed by atoms with Gasteiger partial charge in [-0.2, -0.15) is 0 Å². The topological polar surface area (TPSA) is 150 Å². The summed E-state index contributed by atoms with van der Waals surface area (Å²) in [5.41, 5.74) is 5.41. The summed E-state index contributed by atoms with van der Waals surface area (Å²) < 4.78 is 31.5. The Balaban J connectivity index is 3.21. The van der Waals surface area contributed by atoms with Crippen LogP contribution < -0.4 is 15.2 Å². The predicted molar refractivity (Wildman–Crippen MR) is 156 cm³/mol. The molecule has 11 heteroatoms. The lowest BCUT2D eigenvalue weighted by Crippen LogP contribution is -2.53. The molecule has 1 rings (SSSR count). The van der Waals surface area contributed by atoms with Crippen LogP contribution >= 0.6 is 0 Å². The van der Waals surface area contributed by atoms with E-state index in [1.807, 2.05) is 41.5 Å². The van der Waals surface area contributed by atoms with Gasteiger partial charge in [0, 0.05) is 19.3 Å². The van der Waals surface area contributed by atoms with E-state index >= 15 is 0 Å². The minimum absolute atomic E-state index is 0.0285. The highest BCUT2D eigenvalue weighted by Gasteiger charge is 2.38. The number of rotatable bonds is 17. The Morgan fingerprint density at radius 3 is 1.83 bits per heavy atom. The van der Waals surface area contributed by atoms with Crippen molar-refractivity contribution in [2.75, 3.05) is 20.3 Å². The highest BCUT2D eigenvalue weighted by Crippen LogP contribution is 2.32. The van der Waals surface area contributed by atoms with Gasteiger partial charge in [-0.3, -0.25) is 9.59 Å². The average Bonchev–Trinajstić information content (AvgIpc) is 2.94. The third-order valence-corrected chi connectivity index (χ3v) is 7.07. The number of hydrogen-bond donors (Lipinski definition) is 1. The first-order valence-corrected chi connectivity index (χ1v) is 14.7. The fourth-order valence-electron chi connectivity index (χ4n) is 3.77. The van der Waals surface area contributed by atoms with Crippen molar-refractivity contribution < 1.29 is 47.6 Å². The molecule has 11 nitrogen and oxygen atoms in total. The molecular weight excluding hydrogens is 546 g/mol. The Labute approximate surface area is 249 Å². The monoisotopic (exact) mass is 595 g/mol. The van der Waals surface area contributed by atoms with Gasteiger partial charge in [0.1, 0.15) is 11.6 Å². The summed E-state index contributed by atoms with van der Waals surface area (Å²) in [4.78, 5) is 49.9. The van der Waals surface area contributed by atoms with Crippen molar-refractivity contribution in [3.05, 3.63) is 23.8 Å². The van der Waals surface area contributed by atoms with Crippen molar-refractivity contribution in [1.29, 1.82) is 0 Å². The summed E-state index contributed by atoms with van der Waals surface area (Å²) in [6, 6.07) is 4.40. The molecule has 0 aliphatic rings.